The maximum absolute atomic E-state index is 9.10. The maximum atomic E-state index is 9.10. The lowest BCUT2D eigenvalue weighted by atomic mass is 10.3. The fraction of sp³-hybridized carbons (Fsp3) is 0.385. The highest BCUT2D eigenvalue weighted by Gasteiger charge is 2.04. The highest BCUT2D eigenvalue weighted by Crippen LogP contribution is 2.27. The highest BCUT2D eigenvalue weighted by molar-refractivity contribution is 9.10. The van der Waals surface area contributed by atoms with Crippen molar-refractivity contribution in [2.24, 2.45) is 5.73 Å². The van der Waals surface area contributed by atoms with Gasteiger partial charge in [0.05, 0.1) is 11.6 Å². The number of halogens is 2. The molecule has 0 aromatic heterocycles. The molecule has 1 aromatic carbocycles. The Kier molecular flexibility index (Phi) is 11.5. The van der Waals surface area contributed by atoms with Crippen LogP contribution in [0.2, 0.25) is 5.02 Å². The third-order valence-electron chi connectivity index (χ3n) is 2.15. The maximum Gasteiger partial charge on any atom is 0.414 e. The number of rotatable bonds is 7. The van der Waals surface area contributed by atoms with Crippen LogP contribution in [0.25, 0.3) is 0 Å². The molecular formula is C13H18BrClN2O5. The zero-order valence-electron chi connectivity index (χ0n) is 11.7. The molecule has 0 heterocycles. The van der Waals surface area contributed by atoms with Gasteiger partial charge in [-0.3, -0.25) is 0 Å². The number of nitrogens with one attached hydrogen (secondary N) is 1. The number of carbonyl (C=O) groups is 2. The Morgan fingerprint density at radius 3 is 2.41 bits per heavy atom. The second-order valence-electron chi connectivity index (χ2n) is 3.93. The third kappa shape index (κ3) is 10.4. The molecule has 0 aliphatic heterocycles. The molecule has 0 unspecified atom stereocenters. The molecule has 0 spiro atoms. The van der Waals surface area contributed by atoms with Crippen LogP contribution in [0.1, 0.15) is 6.42 Å². The molecule has 0 aliphatic carbocycles. The predicted octanol–water partition coefficient (Wildman–Crippen LogP) is 1.58. The van der Waals surface area contributed by atoms with Crippen LogP contribution in [0.5, 0.6) is 5.75 Å². The Morgan fingerprint density at radius 2 is 1.91 bits per heavy atom. The van der Waals surface area contributed by atoms with Crippen molar-refractivity contribution in [3.63, 3.8) is 0 Å². The van der Waals surface area contributed by atoms with E-state index in [1.807, 2.05) is 18.2 Å². The van der Waals surface area contributed by atoms with Gasteiger partial charge in [-0.05, 0) is 31.2 Å². The highest BCUT2D eigenvalue weighted by atomic mass is 79.9. The van der Waals surface area contributed by atoms with Crippen molar-refractivity contribution >= 4 is 39.5 Å². The standard InChI is InChI=1S/C11H16BrClN2O.C2H2O4/c12-9-2-3-11(10(13)8-9)16-7-1-5-15-6-4-14;3-1(4)2(5)6/h2-3,8,15H,1,4-7,14H2;(H,3,4)(H,5,6). The Morgan fingerprint density at radius 1 is 1.27 bits per heavy atom. The summed E-state index contributed by atoms with van der Waals surface area (Å²) in [4.78, 5) is 18.2. The summed E-state index contributed by atoms with van der Waals surface area (Å²) in [6.07, 6.45) is 0.937. The van der Waals surface area contributed by atoms with E-state index in [2.05, 4.69) is 21.2 Å². The molecular weight excluding hydrogens is 380 g/mol. The summed E-state index contributed by atoms with van der Waals surface area (Å²) in [6.45, 7) is 3.07. The molecule has 0 saturated carbocycles. The van der Waals surface area contributed by atoms with Gasteiger partial charge in [0, 0.05) is 17.6 Å². The van der Waals surface area contributed by atoms with E-state index < -0.39 is 11.9 Å². The van der Waals surface area contributed by atoms with E-state index >= 15 is 0 Å². The molecule has 0 atom stereocenters. The summed E-state index contributed by atoms with van der Waals surface area (Å²) in [5.41, 5.74) is 5.35. The normalized spacial score (nSPS) is 9.59. The van der Waals surface area contributed by atoms with E-state index in [0.29, 0.717) is 18.2 Å². The number of carboxylic acids is 2. The summed E-state index contributed by atoms with van der Waals surface area (Å²) in [6, 6.07) is 5.59. The van der Waals surface area contributed by atoms with Gasteiger partial charge in [0.25, 0.3) is 0 Å². The Hall–Kier alpha value is -1.35. The van der Waals surface area contributed by atoms with Crippen molar-refractivity contribution in [1.29, 1.82) is 0 Å². The zero-order valence-corrected chi connectivity index (χ0v) is 14.1. The first-order valence-electron chi connectivity index (χ1n) is 6.33. The first kappa shape index (κ1) is 20.6. The van der Waals surface area contributed by atoms with Crippen LogP contribution in [-0.2, 0) is 9.59 Å². The lowest BCUT2D eigenvalue weighted by molar-refractivity contribution is -0.159. The van der Waals surface area contributed by atoms with Gasteiger partial charge < -0.3 is 26.0 Å². The molecule has 0 fully saturated rings. The molecule has 5 N–H and O–H groups in total. The molecule has 1 aromatic rings. The molecule has 124 valence electrons. The van der Waals surface area contributed by atoms with E-state index in [4.69, 9.17) is 41.9 Å². The van der Waals surface area contributed by atoms with Crippen LogP contribution < -0.4 is 15.8 Å². The number of benzene rings is 1. The Labute approximate surface area is 141 Å². The van der Waals surface area contributed by atoms with E-state index in [-0.39, 0.29) is 0 Å². The number of aliphatic carboxylic acids is 2. The molecule has 1 rings (SSSR count). The fourth-order valence-electron chi connectivity index (χ4n) is 1.20. The molecule has 0 saturated heterocycles. The average Bonchev–Trinajstić information content (AvgIpc) is 2.45. The van der Waals surface area contributed by atoms with Crippen LogP contribution in [0, 0.1) is 0 Å². The number of nitrogens with two attached hydrogens (primary N) is 1. The number of ether oxygens (including phenoxy) is 1. The number of hydrogen-bond donors (Lipinski definition) is 4. The van der Waals surface area contributed by atoms with Crippen LogP contribution >= 0.6 is 27.5 Å². The lowest BCUT2D eigenvalue weighted by Gasteiger charge is -2.08. The summed E-state index contributed by atoms with van der Waals surface area (Å²) in [5.74, 6) is -2.92. The van der Waals surface area contributed by atoms with Crippen molar-refractivity contribution in [3.05, 3.63) is 27.7 Å². The minimum Gasteiger partial charge on any atom is -0.492 e. The number of carboxylic acid groups (broad SMARTS) is 2. The van der Waals surface area contributed by atoms with Gasteiger partial charge in [-0.1, -0.05) is 27.5 Å². The third-order valence-corrected chi connectivity index (χ3v) is 2.94. The van der Waals surface area contributed by atoms with Gasteiger partial charge in [0.2, 0.25) is 0 Å². The van der Waals surface area contributed by atoms with Crippen molar-refractivity contribution < 1.29 is 24.5 Å². The van der Waals surface area contributed by atoms with E-state index in [9.17, 15) is 0 Å². The van der Waals surface area contributed by atoms with E-state index in [1.54, 1.807) is 0 Å². The minimum atomic E-state index is -1.82. The summed E-state index contributed by atoms with van der Waals surface area (Å²) < 4.78 is 6.50. The summed E-state index contributed by atoms with van der Waals surface area (Å²) >= 11 is 9.35. The van der Waals surface area contributed by atoms with Gasteiger partial charge in [0.1, 0.15) is 5.75 Å². The summed E-state index contributed by atoms with van der Waals surface area (Å²) in [7, 11) is 0. The van der Waals surface area contributed by atoms with Gasteiger partial charge in [-0.25, -0.2) is 9.59 Å². The number of hydrogen-bond acceptors (Lipinski definition) is 5. The quantitative estimate of drug-likeness (QED) is 0.407. The average molecular weight is 398 g/mol. The van der Waals surface area contributed by atoms with Crippen LogP contribution in [0.3, 0.4) is 0 Å². The molecule has 9 heteroatoms. The van der Waals surface area contributed by atoms with E-state index in [1.165, 1.54) is 0 Å². The SMILES string of the molecule is NCCNCCCOc1ccc(Br)cc1Cl.O=C(O)C(=O)O. The van der Waals surface area contributed by atoms with Gasteiger partial charge in [-0.2, -0.15) is 0 Å². The van der Waals surface area contributed by atoms with Crippen molar-refractivity contribution in [2.75, 3.05) is 26.2 Å². The van der Waals surface area contributed by atoms with E-state index in [0.717, 1.165) is 29.7 Å². The van der Waals surface area contributed by atoms with Gasteiger partial charge in [0.15, 0.2) is 0 Å². The van der Waals surface area contributed by atoms with Crippen molar-refractivity contribution in [3.8, 4) is 5.75 Å². The molecule has 7 nitrogen and oxygen atoms in total. The topological polar surface area (TPSA) is 122 Å². The van der Waals surface area contributed by atoms with Crippen LogP contribution in [0.4, 0.5) is 0 Å². The fourth-order valence-corrected chi connectivity index (χ4v) is 1.93. The van der Waals surface area contributed by atoms with Crippen LogP contribution in [-0.4, -0.2) is 48.4 Å². The summed E-state index contributed by atoms with van der Waals surface area (Å²) in [5, 5.41) is 18.6. The molecule has 0 bridgehead atoms. The Bertz CT molecular complexity index is 475. The zero-order chi connectivity index (χ0) is 17.0. The predicted molar refractivity (Wildman–Crippen MR) is 86.5 cm³/mol. The van der Waals surface area contributed by atoms with Crippen LogP contribution in [0.15, 0.2) is 22.7 Å². The monoisotopic (exact) mass is 396 g/mol. The Balaban J connectivity index is 0.000000626. The smallest absolute Gasteiger partial charge is 0.414 e. The van der Waals surface area contributed by atoms with Crippen molar-refractivity contribution in [1.82, 2.24) is 5.32 Å². The first-order chi connectivity index (χ1) is 10.4. The van der Waals surface area contributed by atoms with Gasteiger partial charge >= 0.3 is 11.9 Å². The molecule has 0 amide bonds. The van der Waals surface area contributed by atoms with Crippen molar-refractivity contribution in [2.45, 2.75) is 6.42 Å². The molecule has 22 heavy (non-hydrogen) atoms. The second-order valence-corrected chi connectivity index (χ2v) is 5.25. The lowest BCUT2D eigenvalue weighted by Crippen LogP contribution is -2.24. The molecule has 0 radical (unpaired) electrons. The molecule has 0 aliphatic rings. The minimum absolute atomic E-state index is 0.629. The largest absolute Gasteiger partial charge is 0.492 e. The first-order valence-corrected chi connectivity index (χ1v) is 7.50. The van der Waals surface area contributed by atoms with Gasteiger partial charge in [-0.15, -0.1) is 0 Å². The second kappa shape index (κ2) is 12.2.